The molecule has 0 spiro atoms. The molecule has 6 heteroatoms. The summed E-state index contributed by atoms with van der Waals surface area (Å²) in [6.07, 6.45) is 0. The second kappa shape index (κ2) is 8.47. The standard InChI is InChI=1S/C24H21N3O2S/c1-15-12-13-18(23(28)25-16(2)17-8-4-3-5-9-17)14-20(15)26-24(29)22-19-10-6-7-11-21(19)30-27-22/h3-14,16H,1-2H3,(H,25,28)(H,26,29)/t16-/m1/s1. The maximum absolute atomic E-state index is 12.8. The minimum Gasteiger partial charge on any atom is -0.346 e. The number of amides is 2. The molecular formula is C24H21N3O2S. The number of benzene rings is 3. The van der Waals surface area contributed by atoms with Gasteiger partial charge < -0.3 is 10.6 Å². The predicted octanol–water partition coefficient (Wildman–Crippen LogP) is 5.35. The van der Waals surface area contributed by atoms with Gasteiger partial charge in [0.1, 0.15) is 5.69 Å². The Kier molecular flexibility index (Phi) is 5.59. The lowest BCUT2D eigenvalue weighted by Gasteiger charge is -2.15. The smallest absolute Gasteiger partial charge is 0.276 e. The Balaban J connectivity index is 1.53. The van der Waals surface area contributed by atoms with Gasteiger partial charge in [0.15, 0.2) is 0 Å². The second-order valence-corrected chi connectivity index (χ2v) is 7.92. The van der Waals surface area contributed by atoms with Gasteiger partial charge in [-0.1, -0.05) is 54.6 Å². The second-order valence-electron chi connectivity index (χ2n) is 7.12. The highest BCUT2D eigenvalue weighted by Crippen LogP contribution is 2.24. The van der Waals surface area contributed by atoms with Crippen molar-refractivity contribution in [3.05, 3.63) is 95.2 Å². The molecule has 0 bridgehead atoms. The number of aromatic nitrogens is 1. The van der Waals surface area contributed by atoms with E-state index in [0.29, 0.717) is 16.9 Å². The Labute approximate surface area is 178 Å². The molecule has 5 nitrogen and oxygen atoms in total. The predicted molar refractivity (Wildman–Crippen MR) is 121 cm³/mol. The van der Waals surface area contributed by atoms with E-state index in [1.165, 1.54) is 11.5 Å². The number of carbonyl (C=O) groups is 2. The van der Waals surface area contributed by atoms with Crippen LogP contribution in [0.5, 0.6) is 0 Å². The zero-order valence-electron chi connectivity index (χ0n) is 16.7. The van der Waals surface area contributed by atoms with Crippen LogP contribution in [-0.4, -0.2) is 16.2 Å². The normalized spacial score (nSPS) is 11.8. The van der Waals surface area contributed by atoms with Crippen molar-refractivity contribution >= 4 is 39.1 Å². The van der Waals surface area contributed by atoms with E-state index in [-0.39, 0.29) is 17.9 Å². The van der Waals surface area contributed by atoms with E-state index in [0.717, 1.165) is 21.2 Å². The van der Waals surface area contributed by atoms with Crippen molar-refractivity contribution in [2.75, 3.05) is 5.32 Å². The monoisotopic (exact) mass is 415 g/mol. The van der Waals surface area contributed by atoms with E-state index < -0.39 is 0 Å². The van der Waals surface area contributed by atoms with Crippen molar-refractivity contribution in [1.82, 2.24) is 9.69 Å². The SMILES string of the molecule is Cc1ccc(C(=O)N[C@H](C)c2ccccc2)cc1NC(=O)c1nsc2ccccc12. The first-order chi connectivity index (χ1) is 14.5. The first kappa shape index (κ1) is 19.8. The van der Waals surface area contributed by atoms with Crippen LogP contribution in [0.2, 0.25) is 0 Å². The van der Waals surface area contributed by atoms with E-state index in [2.05, 4.69) is 15.0 Å². The maximum Gasteiger partial charge on any atom is 0.276 e. The van der Waals surface area contributed by atoms with Crippen LogP contribution in [0.1, 0.15) is 44.9 Å². The van der Waals surface area contributed by atoms with Gasteiger partial charge >= 0.3 is 0 Å². The van der Waals surface area contributed by atoms with Gasteiger partial charge in [0.25, 0.3) is 11.8 Å². The third kappa shape index (κ3) is 4.09. The number of aryl methyl sites for hydroxylation is 1. The highest BCUT2D eigenvalue weighted by Gasteiger charge is 2.17. The summed E-state index contributed by atoms with van der Waals surface area (Å²) < 4.78 is 5.26. The number of fused-ring (bicyclic) bond motifs is 1. The zero-order valence-corrected chi connectivity index (χ0v) is 17.5. The average molecular weight is 416 g/mol. The third-order valence-electron chi connectivity index (χ3n) is 4.99. The van der Waals surface area contributed by atoms with Gasteiger partial charge in [-0.25, -0.2) is 0 Å². The maximum atomic E-state index is 12.8. The number of hydrogen-bond acceptors (Lipinski definition) is 4. The molecule has 0 aliphatic carbocycles. The molecule has 0 radical (unpaired) electrons. The van der Waals surface area contributed by atoms with Crippen LogP contribution in [-0.2, 0) is 0 Å². The van der Waals surface area contributed by atoms with E-state index in [1.54, 1.807) is 12.1 Å². The molecule has 1 heterocycles. The Morgan fingerprint density at radius 3 is 2.47 bits per heavy atom. The molecule has 3 aromatic carbocycles. The van der Waals surface area contributed by atoms with Gasteiger partial charge in [-0.2, -0.15) is 4.37 Å². The van der Waals surface area contributed by atoms with Crippen molar-refractivity contribution < 1.29 is 9.59 Å². The molecule has 0 aliphatic heterocycles. The molecule has 0 aliphatic rings. The summed E-state index contributed by atoms with van der Waals surface area (Å²) in [7, 11) is 0. The topological polar surface area (TPSA) is 71.1 Å². The van der Waals surface area contributed by atoms with Crippen molar-refractivity contribution in [3.63, 3.8) is 0 Å². The number of carbonyl (C=O) groups excluding carboxylic acids is 2. The Bertz CT molecular complexity index is 1220. The van der Waals surface area contributed by atoms with Gasteiger partial charge in [0.05, 0.1) is 10.7 Å². The minimum atomic E-state index is -0.286. The summed E-state index contributed by atoms with van der Waals surface area (Å²) in [6.45, 7) is 3.83. The Morgan fingerprint density at radius 1 is 0.933 bits per heavy atom. The fourth-order valence-corrected chi connectivity index (χ4v) is 4.01. The van der Waals surface area contributed by atoms with Crippen molar-refractivity contribution in [3.8, 4) is 0 Å². The van der Waals surface area contributed by atoms with Crippen LogP contribution < -0.4 is 10.6 Å². The van der Waals surface area contributed by atoms with Crippen molar-refractivity contribution in [2.24, 2.45) is 0 Å². The number of nitrogens with zero attached hydrogens (tertiary/aromatic N) is 1. The molecule has 4 aromatic rings. The summed E-state index contributed by atoms with van der Waals surface area (Å²) >= 11 is 1.29. The average Bonchev–Trinajstić information content (AvgIpc) is 3.20. The molecule has 2 N–H and O–H groups in total. The lowest BCUT2D eigenvalue weighted by atomic mass is 10.1. The lowest BCUT2D eigenvalue weighted by Crippen LogP contribution is -2.26. The molecule has 0 saturated carbocycles. The summed E-state index contributed by atoms with van der Waals surface area (Å²) in [5.74, 6) is -0.480. The number of rotatable bonds is 5. The largest absolute Gasteiger partial charge is 0.346 e. The molecule has 0 saturated heterocycles. The molecule has 1 atom stereocenters. The van der Waals surface area contributed by atoms with Crippen LogP contribution in [0, 0.1) is 6.92 Å². The minimum absolute atomic E-state index is 0.126. The van der Waals surface area contributed by atoms with Crippen molar-refractivity contribution in [1.29, 1.82) is 0 Å². The van der Waals surface area contributed by atoms with Gasteiger partial charge in [0.2, 0.25) is 0 Å². The van der Waals surface area contributed by atoms with E-state index in [4.69, 9.17) is 0 Å². The van der Waals surface area contributed by atoms with E-state index in [9.17, 15) is 9.59 Å². The van der Waals surface area contributed by atoms with Crippen LogP contribution in [0.25, 0.3) is 10.1 Å². The van der Waals surface area contributed by atoms with Gasteiger partial charge in [-0.3, -0.25) is 9.59 Å². The summed E-state index contributed by atoms with van der Waals surface area (Å²) in [4.78, 5) is 25.6. The highest BCUT2D eigenvalue weighted by atomic mass is 32.1. The Morgan fingerprint density at radius 2 is 1.67 bits per heavy atom. The lowest BCUT2D eigenvalue weighted by molar-refractivity contribution is 0.0938. The molecule has 2 amide bonds. The van der Waals surface area contributed by atoms with Gasteiger partial charge in [-0.05, 0) is 54.7 Å². The van der Waals surface area contributed by atoms with Gasteiger partial charge in [0, 0.05) is 16.6 Å². The zero-order chi connectivity index (χ0) is 21.1. The molecule has 150 valence electrons. The fourth-order valence-electron chi connectivity index (χ4n) is 3.23. The summed E-state index contributed by atoms with van der Waals surface area (Å²) in [6, 6.07) is 22.6. The quantitative estimate of drug-likeness (QED) is 0.462. The number of nitrogens with one attached hydrogen (secondary N) is 2. The van der Waals surface area contributed by atoms with Crippen LogP contribution >= 0.6 is 11.5 Å². The molecule has 4 rings (SSSR count). The van der Waals surface area contributed by atoms with E-state index in [1.807, 2.05) is 74.5 Å². The molecule has 30 heavy (non-hydrogen) atoms. The van der Waals surface area contributed by atoms with Crippen molar-refractivity contribution in [2.45, 2.75) is 19.9 Å². The first-order valence-electron chi connectivity index (χ1n) is 9.65. The fraction of sp³-hybridized carbons (Fsp3) is 0.125. The summed E-state index contributed by atoms with van der Waals surface area (Å²) in [5.41, 5.74) is 3.37. The third-order valence-corrected chi connectivity index (χ3v) is 5.81. The first-order valence-corrected chi connectivity index (χ1v) is 10.4. The van der Waals surface area contributed by atoms with Crippen LogP contribution in [0.15, 0.2) is 72.8 Å². The number of hydrogen-bond donors (Lipinski definition) is 2. The Hall–Kier alpha value is -3.51. The molecular weight excluding hydrogens is 394 g/mol. The molecule has 0 unspecified atom stereocenters. The molecule has 0 fully saturated rings. The molecule has 1 aromatic heterocycles. The van der Waals surface area contributed by atoms with Crippen LogP contribution in [0.3, 0.4) is 0 Å². The van der Waals surface area contributed by atoms with Crippen LogP contribution in [0.4, 0.5) is 5.69 Å². The van der Waals surface area contributed by atoms with E-state index >= 15 is 0 Å². The highest BCUT2D eigenvalue weighted by molar-refractivity contribution is 7.13. The van der Waals surface area contributed by atoms with Gasteiger partial charge in [-0.15, -0.1) is 0 Å². The number of anilines is 1. The summed E-state index contributed by atoms with van der Waals surface area (Å²) in [5, 5.41) is 6.73.